The first-order valence-electron chi connectivity index (χ1n) is 12.2. The maximum Gasteiger partial charge on any atom is 0.363 e. The number of carbonyl (C=O) groups is 3. The average molecular weight is 532 g/mol. The number of hydrogen-bond donors (Lipinski definition) is 2. The number of aliphatic hydroxyl groups excluding tert-OH is 1. The third-order valence-corrected chi connectivity index (χ3v) is 7.31. The fourth-order valence-electron chi connectivity index (χ4n) is 5.32. The van der Waals surface area contributed by atoms with Gasteiger partial charge < -0.3 is 25.2 Å². The van der Waals surface area contributed by atoms with Crippen molar-refractivity contribution in [2.45, 2.75) is 26.0 Å². The Morgan fingerprint density at radius 2 is 1.74 bits per heavy atom. The predicted molar refractivity (Wildman–Crippen MR) is 139 cm³/mol. The monoisotopic (exact) mass is 531 g/mol. The zero-order chi connectivity index (χ0) is 28.0. The molecular formula is C28H25N3O8. The van der Waals surface area contributed by atoms with Crippen molar-refractivity contribution in [3.63, 3.8) is 0 Å². The number of hydrogen-bond acceptors (Lipinski definition) is 9. The Bertz CT molecular complexity index is 1550. The minimum Gasteiger partial charge on any atom is -0.488 e. The first-order chi connectivity index (χ1) is 18.6. The fourth-order valence-corrected chi connectivity index (χ4v) is 5.32. The highest BCUT2D eigenvalue weighted by atomic mass is 16.6. The van der Waals surface area contributed by atoms with Crippen LogP contribution in [0, 0.1) is 22.0 Å². The molecule has 0 bridgehead atoms. The molecule has 1 saturated heterocycles. The van der Waals surface area contributed by atoms with Gasteiger partial charge in [0.1, 0.15) is 18.1 Å². The highest BCUT2D eigenvalue weighted by Gasteiger charge is 2.60. The van der Waals surface area contributed by atoms with Crippen LogP contribution < -0.4 is 10.5 Å². The van der Waals surface area contributed by atoms with Gasteiger partial charge in [0.05, 0.1) is 28.6 Å². The lowest BCUT2D eigenvalue weighted by molar-refractivity contribution is -0.384. The van der Waals surface area contributed by atoms with E-state index in [4.69, 9.17) is 15.2 Å². The maximum absolute atomic E-state index is 13.3. The van der Waals surface area contributed by atoms with Crippen LogP contribution in [-0.2, 0) is 14.3 Å². The van der Waals surface area contributed by atoms with Gasteiger partial charge in [-0.1, -0.05) is 31.2 Å². The second-order valence-corrected chi connectivity index (χ2v) is 9.60. The molecule has 2 aliphatic heterocycles. The van der Waals surface area contributed by atoms with E-state index in [9.17, 15) is 29.6 Å². The summed E-state index contributed by atoms with van der Waals surface area (Å²) in [5.74, 6) is -3.11. The summed E-state index contributed by atoms with van der Waals surface area (Å²) in [7, 11) is 0. The largest absolute Gasteiger partial charge is 0.488 e. The van der Waals surface area contributed by atoms with E-state index in [-0.39, 0.29) is 29.5 Å². The third-order valence-electron chi connectivity index (χ3n) is 7.31. The minimum absolute atomic E-state index is 0.0694. The summed E-state index contributed by atoms with van der Waals surface area (Å²) >= 11 is 0. The molecule has 1 fully saturated rings. The van der Waals surface area contributed by atoms with Crippen LogP contribution in [0.4, 0.5) is 11.4 Å². The molecule has 39 heavy (non-hydrogen) atoms. The van der Waals surface area contributed by atoms with Crippen molar-refractivity contribution in [2.24, 2.45) is 11.8 Å². The lowest BCUT2D eigenvalue weighted by Crippen LogP contribution is -2.63. The summed E-state index contributed by atoms with van der Waals surface area (Å²) < 4.78 is 11.2. The number of aliphatic hydroxyl groups is 1. The van der Waals surface area contributed by atoms with Gasteiger partial charge in [-0.05, 0) is 31.2 Å². The number of β-lactam (4-membered cyclic amide) rings is 1. The highest BCUT2D eigenvalue weighted by molar-refractivity contribution is 6.06. The molecule has 11 nitrogen and oxygen atoms in total. The molecule has 3 aromatic carbocycles. The van der Waals surface area contributed by atoms with Gasteiger partial charge in [0, 0.05) is 40.1 Å². The van der Waals surface area contributed by atoms with E-state index in [2.05, 4.69) is 0 Å². The first kappa shape index (κ1) is 25.9. The number of anilines is 1. The van der Waals surface area contributed by atoms with E-state index in [1.807, 2.05) is 19.1 Å². The normalized spacial score (nSPS) is 20.8. The van der Waals surface area contributed by atoms with E-state index in [1.165, 1.54) is 24.0 Å². The Labute approximate surface area is 222 Å². The van der Waals surface area contributed by atoms with Crippen molar-refractivity contribution in [3.8, 4) is 5.75 Å². The third kappa shape index (κ3) is 4.36. The van der Waals surface area contributed by atoms with E-state index in [0.717, 1.165) is 22.9 Å². The van der Waals surface area contributed by atoms with Crippen molar-refractivity contribution in [1.29, 1.82) is 0 Å². The van der Waals surface area contributed by atoms with Gasteiger partial charge in [0.15, 0.2) is 0 Å². The number of fused-ring (bicyclic) bond motifs is 2. The zero-order valence-corrected chi connectivity index (χ0v) is 21.1. The van der Waals surface area contributed by atoms with Crippen molar-refractivity contribution in [2.75, 3.05) is 12.3 Å². The number of ether oxygens (including phenoxy) is 2. The number of nitro benzene ring substituents is 1. The van der Waals surface area contributed by atoms with Crippen LogP contribution >= 0.6 is 0 Å². The van der Waals surface area contributed by atoms with E-state index < -0.39 is 40.8 Å². The second kappa shape index (κ2) is 9.84. The van der Waals surface area contributed by atoms with Gasteiger partial charge in [-0.2, -0.15) is 0 Å². The van der Waals surface area contributed by atoms with Crippen LogP contribution in [0.15, 0.2) is 71.9 Å². The van der Waals surface area contributed by atoms with E-state index in [1.54, 1.807) is 24.3 Å². The second-order valence-electron chi connectivity index (χ2n) is 9.60. The number of nitrogen functional groups attached to an aromatic ring is 1. The number of benzene rings is 3. The van der Waals surface area contributed by atoms with E-state index in [0.29, 0.717) is 17.0 Å². The zero-order valence-electron chi connectivity index (χ0n) is 21.1. The van der Waals surface area contributed by atoms with Crippen LogP contribution in [0.2, 0.25) is 0 Å². The van der Waals surface area contributed by atoms with Crippen molar-refractivity contribution >= 4 is 40.0 Å². The number of rotatable bonds is 7. The molecule has 2 aliphatic rings. The Kier molecular flexibility index (Phi) is 6.52. The molecule has 0 radical (unpaired) electrons. The SMILES string of the molecule is C[C@@H](O)[C@H]1C(=O)N2C(C(=O)OC(=O)c3ccc([N+](=O)[O-])cc3)=C(COc3cccc4c(N)cccc34)[C@H](C)[C@H]12. The van der Waals surface area contributed by atoms with Crippen LogP contribution in [0.25, 0.3) is 10.8 Å². The molecule has 0 aliphatic carbocycles. The molecule has 200 valence electrons. The molecule has 3 aromatic rings. The van der Waals surface area contributed by atoms with Crippen molar-refractivity contribution in [3.05, 3.63) is 87.6 Å². The quantitative estimate of drug-likeness (QED) is 0.116. The molecule has 0 spiro atoms. The molecule has 0 aromatic heterocycles. The molecule has 0 saturated carbocycles. The number of nitrogens with zero attached hydrogens (tertiary/aromatic N) is 2. The smallest absolute Gasteiger partial charge is 0.363 e. The van der Waals surface area contributed by atoms with Gasteiger partial charge in [0.25, 0.3) is 5.69 Å². The number of carbonyl (C=O) groups excluding carboxylic acids is 3. The maximum atomic E-state index is 13.3. The van der Waals surface area contributed by atoms with Crippen LogP contribution in [0.3, 0.4) is 0 Å². The van der Waals surface area contributed by atoms with Crippen LogP contribution in [0.1, 0.15) is 24.2 Å². The molecular weight excluding hydrogens is 506 g/mol. The first-order valence-corrected chi connectivity index (χ1v) is 12.2. The minimum atomic E-state index is -1.05. The molecule has 11 heteroatoms. The van der Waals surface area contributed by atoms with Gasteiger partial charge in [0.2, 0.25) is 5.91 Å². The standard InChI is InChI=1S/C28H25N3O8/c1-14-20(13-38-22-8-4-5-18-19(22)6-3-7-21(18)29)25(30-24(14)23(15(2)32)26(30)33)28(35)39-27(34)16-9-11-17(12-10-16)31(36)37/h3-12,14-15,23-24,32H,13,29H2,1-2H3/t14-,15+,23+,24+/m0/s1. The van der Waals surface area contributed by atoms with Crippen molar-refractivity contribution in [1.82, 2.24) is 4.90 Å². The molecule has 1 amide bonds. The summed E-state index contributed by atoms with van der Waals surface area (Å²) in [6, 6.07) is 14.9. The Hall–Kier alpha value is -4.77. The summed E-state index contributed by atoms with van der Waals surface area (Å²) in [5.41, 5.74) is 6.71. The van der Waals surface area contributed by atoms with Gasteiger partial charge in [-0.25, -0.2) is 9.59 Å². The van der Waals surface area contributed by atoms with Gasteiger partial charge >= 0.3 is 11.9 Å². The van der Waals surface area contributed by atoms with Gasteiger partial charge in [-0.3, -0.25) is 14.9 Å². The fraction of sp³-hybridized carbons (Fsp3) is 0.250. The summed E-state index contributed by atoms with van der Waals surface area (Å²) in [5, 5.41) is 22.6. The van der Waals surface area contributed by atoms with Gasteiger partial charge in [-0.15, -0.1) is 0 Å². The number of nitrogens with two attached hydrogens (primary N) is 1. The molecule has 2 heterocycles. The summed E-state index contributed by atoms with van der Waals surface area (Å²) in [4.78, 5) is 50.5. The van der Waals surface area contributed by atoms with E-state index >= 15 is 0 Å². The molecule has 3 N–H and O–H groups in total. The predicted octanol–water partition coefficient (Wildman–Crippen LogP) is 3.20. The lowest BCUT2D eigenvalue weighted by Gasteiger charge is -2.46. The highest BCUT2D eigenvalue weighted by Crippen LogP contribution is 2.47. The molecule has 0 unspecified atom stereocenters. The number of non-ortho nitro benzene ring substituents is 1. The number of nitro groups is 1. The van der Waals surface area contributed by atoms with Crippen LogP contribution in [-0.4, -0.2) is 51.5 Å². The summed E-state index contributed by atoms with van der Waals surface area (Å²) in [6.45, 7) is 3.24. The topological polar surface area (TPSA) is 162 Å². The molecule has 4 atom stereocenters. The van der Waals surface area contributed by atoms with Crippen LogP contribution in [0.5, 0.6) is 5.75 Å². The van der Waals surface area contributed by atoms with Crippen molar-refractivity contribution < 1.29 is 33.9 Å². The Morgan fingerprint density at radius 1 is 1.08 bits per heavy atom. The Balaban J connectivity index is 1.45. The lowest BCUT2D eigenvalue weighted by atomic mass is 9.78. The number of amides is 1. The Morgan fingerprint density at radius 3 is 2.41 bits per heavy atom. The molecule has 5 rings (SSSR count). The average Bonchev–Trinajstić information content (AvgIpc) is 3.15. The summed E-state index contributed by atoms with van der Waals surface area (Å²) in [6.07, 6.45) is -0.943. The number of esters is 2.